The summed E-state index contributed by atoms with van der Waals surface area (Å²) >= 11 is 0. The lowest BCUT2D eigenvalue weighted by atomic mass is 9.98. The first kappa shape index (κ1) is 17.9. The number of nitrogens with one attached hydrogen (secondary N) is 1. The number of halogens is 2. The number of hydrogen-bond donors (Lipinski definition) is 1. The first-order valence-electron chi connectivity index (χ1n) is 7.67. The van der Waals surface area contributed by atoms with Gasteiger partial charge in [0.05, 0.1) is 18.2 Å². The lowest BCUT2D eigenvalue weighted by Crippen LogP contribution is -2.32. The maximum Gasteiger partial charge on any atom is 0.227 e. The highest BCUT2D eigenvalue weighted by Gasteiger charge is 2.22. The predicted octanol–water partition coefficient (Wildman–Crippen LogP) is 2.61. The Bertz CT molecular complexity index is 744. The lowest BCUT2D eigenvalue weighted by molar-refractivity contribution is -0.122. The second kappa shape index (κ2) is 7.42. The fourth-order valence-electron chi connectivity index (χ4n) is 2.63. The molecular weight excluding hydrogens is 316 g/mol. The van der Waals surface area contributed by atoms with Gasteiger partial charge in [-0.05, 0) is 32.9 Å². The standard InChI is InChI=1S/C17H21F2N3O2/c1-10(16-11(2)21-22(4)12(16)3)17(23)20-7-8-24-15-6-5-13(18)9-14(15)19/h5-6,9-10H,7-8H2,1-4H3,(H,20,23)/t10-/m1/s1. The number of ether oxygens (including phenoxy) is 1. The van der Waals surface area contributed by atoms with E-state index in [1.165, 1.54) is 6.07 Å². The van der Waals surface area contributed by atoms with Gasteiger partial charge in [-0.1, -0.05) is 0 Å². The molecule has 0 bridgehead atoms. The number of amides is 1. The van der Waals surface area contributed by atoms with Crippen LogP contribution in [0, 0.1) is 25.5 Å². The Kier molecular flexibility index (Phi) is 5.54. The van der Waals surface area contributed by atoms with E-state index in [0.29, 0.717) is 0 Å². The van der Waals surface area contributed by atoms with Gasteiger partial charge in [-0.3, -0.25) is 9.48 Å². The molecule has 1 heterocycles. The summed E-state index contributed by atoms with van der Waals surface area (Å²) in [5.41, 5.74) is 2.67. The van der Waals surface area contributed by atoms with Crippen LogP contribution in [0.5, 0.6) is 5.75 Å². The van der Waals surface area contributed by atoms with Crippen LogP contribution in [0.25, 0.3) is 0 Å². The molecule has 130 valence electrons. The number of benzene rings is 1. The van der Waals surface area contributed by atoms with E-state index in [9.17, 15) is 13.6 Å². The third-order valence-electron chi connectivity index (χ3n) is 3.94. The zero-order valence-corrected chi connectivity index (χ0v) is 14.2. The molecule has 1 aromatic carbocycles. The summed E-state index contributed by atoms with van der Waals surface area (Å²) in [6.45, 7) is 5.91. The molecule has 2 rings (SSSR count). The lowest BCUT2D eigenvalue weighted by Gasteiger charge is -2.13. The molecule has 5 nitrogen and oxygen atoms in total. The molecule has 1 aromatic heterocycles. The first-order chi connectivity index (χ1) is 11.3. The van der Waals surface area contributed by atoms with Crippen molar-refractivity contribution in [2.24, 2.45) is 7.05 Å². The topological polar surface area (TPSA) is 56.2 Å². The molecule has 0 aliphatic heterocycles. The third kappa shape index (κ3) is 3.90. The molecule has 1 amide bonds. The zero-order chi connectivity index (χ0) is 17.9. The maximum absolute atomic E-state index is 13.4. The molecule has 0 saturated heterocycles. The molecule has 24 heavy (non-hydrogen) atoms. The van der Waals surface area contributed by atoms with Crippen molar-refractivity contribution in [1.82, 2.24) is 15.1 Å². The quantitative estimate of drug-likeness (QED) is 0.825. The molecule has 0 aliphatic carbocycles. The van der Waals surface area contributed by atoms with E-state index in [4.69, 9.17) is 4.74 Å². The highest BCUT2D eigenvalue weighted by atomic mass is 19.1. The van der Waals surface area contributed by atoms with Gasteiger partial charge in [0.25, 0.3) is 0 Å². The summed E-state index contributed by atoms with van der Waals surface area (Å²) in [7, 11) is 1.83. The Labute approximate surface area is 139 Å². The second-order valence-corrected chi connectivity index (χ2v) is 5.64. The van der Waals surface area contributed by atoms with Crippen molar-refractivity contribution in [2.45, 2.75) is 26.7 Å². The average molecular weight is 337 g/mol. The van der Waals surface area contributed by atoms with Gasteiger partial charge in [-0.15, -0.1) is 0 Å². The van der Waals surface area contributed by atoms with Crippen LogP contribution in [0.3, 0.4) is 0 Å². The van der Waals surface area contributed by atoms with E-state index >= 15 is 0 Å². The van der Waals surface area contributed by atoms with E-state index in [0.717, 1.165) is 29.1 Å². The Morgan fingerprint density at radius 3 is 2.67 bits per heavy atom. The number of carbonyl (C=O) groups excluding carboxylic acids is 1. The van der Waals surface area contributed by atoms with Gasteiger partial charge in [0.15, 0.2) is 11.6 Å². The van der Waals surface area contributed by atoms with Gasteiger partial charge in [0.2, 0.25) is 5.91 Å². The Balaban J connectivity index is 1.87. The zero-order valence-electron chi connectivity index (χ0n) is 14.2. The number of nitrogens with zero attached hydrogens (tertiary/aromatic N) is 2. The van der Waals surface area contributed by atoms with Crippen molar-refractivity contribution in [3.63, 3.8) is 0 Å². The van der Waals surface area contributed by atoms with Crippen LogP contribution in [0.2, 0.25) is 0 Å². The molecule has 0 saturated carbocycles. The minimum absolute atomic E-state index is 0.0438. The SMILES string of the molecule is Cc1nn(C)c(C)c1[C@@H](C)C(=O)NCCOc1ccc(F)cc1F. The molecule has 0 unspecified atom stereocenters. The van der Waals surface area contributed by atoms with Crippen molar-refractivity contribution in [2.75, 3.05) is 13.2 Å². The third-order valence-corrected chi connectivity index (χ3v) is 3.94. The first-order valence-corrected chi connectivity index (χ1v) is 7.67. The second-order valence-electron chi connectivity index (χ2n) is 5.64. The molecule has 0 aliphatic rings. The van der Waals surface area contributed by atoms with Crippen molar-refractivity contribution in [1.29, 1.82) is 0 Å². The van der Waals surface area contributed by atoms with Crippen LogP contribution in [0.15, 0.2) is 18.2 Å². The van der Waals surface area contributed by atoms with Gasteiger partial charge in [-0.2, -0.15) is 5.10 Å². The Morgan fingerprint density at radius 2 is 2.08 bits per heavy atom. The fourth-order valence-corrected chi connectivity index (χ4v) is 2.63. The summed E-state index contributed by atoms with van der Waals surface area (Å²) in [6, 6.07) is 3.09. The minimum atomic E-state index is -0.767. The summed E-state index contributed by atoms with van der Waals surface area (Å²) < 4.78 is 33.2. The summed E-state index contributed by atoms with van der Waals surface area (Å²) in [5, 5.41) is 7.05. The Morgan fingerprint density at radius 1 is 1.38 bits per heavy atom. The normalized spacial score (nSPS) is 12.1. The van der Waals surface area contributed by atoms with Crippen LogP contribution in [0.1, 0.15) is 29.8 Å². The summed E-state index contributed by atoms with van der Waals surface area (Å²) in [4.78, 5) is 12.3. The molecular formula is C17H21F2N3O2. The van der Waals surface area contributed by atoms with Crippen molar-refractivity contribution < 1.29 is 18.3 Å². The van der Waals surface area contributed by atoms with Gasteiger partial charge in [-0.25, -0.2) is 8.78 Å². The smallest absolute Gasteiger partial charge is 0.227 e. The highest BCUT2D eigenvalue weighted by molar-refractivity contribution is 5.83. The number of aromatic nitrogens is 2. The van der Waals surface area contributed by atoms with Crippen LogP contribution in [-0.4, -0.2) is 28.8 Å². The van der Waals surface area contributed by atoms with Gasteiger partial charge in [0, 0.05) is 24.4 Å². The number of hydrogen-bond acceptors (Lipinski definition) is 3. The molecule has 2 aromatic rings. The Hall–Kier alpha value is -2.44. The largest absolute Gasteiger partial charge is 0.489 e. The van der Waals surface area contributed by atoms with Crippen LogP contribution >= 0.6 is 0 Å². The molecule has 1 N–H and O–H groups in total. The number of aryl methyl sites for hydroxylation is 2. The van der Waals surface area contributed by atoms with Crippen molar-refractivity contribution in [3.05, 3.63) is 46.8 Å². The fraction of sp³-hybridized carbons (Fsp3) is 0.412. The van der Waals surface area contributed by atoms with Crippen molar-refractivity contribution >= 4 is 5.91 Å². The minimum Gasteiger partial charge on any atom is -0.489 e. The van der Waals surface area contributed by atoms with E-state index in [2.05, 4.69) is 10.4 Å². The average Bonchev–Trinajstić information content (AvgIpc) is 2.77. The predicted molar refractivity (Wildman–Crippen MR) is 86.0 cm³/mol. The molecule has 0 fully saturated rings. The van der Waals surface area contributed by atoms with E-state index < -0.39 is 11.6 Å². The van der Waals surface area contributed by atoms with Crippen molar-refractivity contribution in [3.8, 4) is 5.75 Å². The monoisotopic (exact) mass is 337 g/mol. The van der Waals surface area contributed by atoms with Crippen LogP contribution < -0.4 is 10.1 Å². The molecule has 0 radical (unpaired) electrons. The molecule has 0 spiro atoms. The number of rotatable bonds is 6. The van der Waals surface area contributed by atoms with Gasteiger partial charge >= 0.3 is 0 Å². The van der Waals surface area contributed by atoms with Gasteiger partial charge < -0.3 is 10.1 Å². The summed E-state index contributed by atoms with van der Waals surface area (Å²) in [5.74, 6) is -1.98. The van der Waals surface area contributed by atoms with E-state index in [1.54, 1.807) is 4.68 Å². The van der Waals surface area contributed by atoms with E-state index in [1.807, 2.05) is 27.8 Å². The van der Waals surface area contributed by atoms with Crippen LogP contribution in [-0.2, 0) is 11.8 Å². The summed E-state index contributed by atoms with van der Waals surface area (Å²) in [6.07, 6.45) is 0. The van der Waals surface area contributed by atoms with Crippen LogP contribution in [0.4, 0.5) is 8.78 Å². The molecule has 1 atom stereocenters. The van der Waals surface area contributed by atoms with Gasteiger partial charge in [0.1, 0.15) is 12.4 Å². The highest BCUT2D eigenvalue weighted by Crippen LogP contribution is 2.22. The van der Waals surface area contributed by atoms with E-state index in [-0.39, 0.29) is 30.7 Å². The maximum atomic E-state index is 13.4. The molecule has 7 heteroatoms. The number of carbonyl (C=O) groups is 1.